The number of nitrogens with one attached hydrogen (secondary N) is 2. The van der Waals surface area contributed by atoms with Gasteiger partial charge in [-0.05, 0) is 19.4 Å². The maximum absolute atomic E-state index is 12.9. The van der Waals surface area contributed by atoms with Crippen LogP contribution in [0.25, 0.3) is 0 Å². The van der Waals surface area contributed by atoms with Gasteiger partial charge in [0.25, 0.3) is 0 Å². The van der Waals surface area contributed by atoms with E-state index in [-0.39, 0.29) is 5.91 Å². The number of imide groups is 1. The third-order valence-electron chi connectivity index (χ3n) is 4.77. The Balaban J connectivity index is 1.66. The van der Waals surface area contributed by atoms with Gasteiger partial charge in [0.1, 0.15) is 11.8 Å². The molecule has 2 aromatic rings. The van der Waals surface area contributed by atoms with Crippen molar-refractivity contribution in [3.05, 3.63) is 53.4 Å². The van der Waals surface area contributed by atoms with Crippen molar-refractivity contribution in [2.75, 3.05) is 32.7 Å². The van der Waals surface area contributed by atoms with Gasteiger partial charge in [-0.15, -0.1) is 0 Å². The standard InChI is InChI=1S/C20H27N5O3/c1-3-21-20(27)22-19(26)18(16-7-5-4-6-8-16)25-11-9-24(10-12-25)14-17-13-15(2)28-23-17/h4-8,13,18H,3,9-12,14H2,1-2H3,(H2,21,22,26,27). The number of carbonyl (C=O) groups excluding carboxylic acids is 2. The minimum atomic E-state index is -0.500. The highest BCUT2D eigenvalue weighted by molar-refractivity contribution is 5.97. The zero-order chi connectivity index (χ0) is 19.9. The van der Waals surface area contributed by atoms with Gasteiger partial charge >= 0.3 is 6.03 Å². The molecule has 0 spiro atoms. The monoisotopic (exact) mass is 385 g/mol. The average Bonchev–Trinajstić information content (AvgIpc) is 3.09. The van der Waals surface area contributed by atoms with Crippen molar-refractivity contribution >= 4 is 11.9 Å². The molecule has 1 saturated heterocycles. The summed E-state index contributed by atoms with van der Waals surface area (Å²) in [5.41, 5.74) is 1.80. The molecule has 0 saturated carbocycles. The summed E-state index contributed by atoms with van der Waals surface area (Å²) in [5, 5.41) is 9.12. The molecule has 8 nitrogen and oxygen atoms in total. The zero-order valence-corrected chi connectivity index (χ0v) is 16.4. The van der Waals surface area contributed by atoms with Crippen molar-refractivity contribution in [3.63, 3.8) is 0 Å². The molecule has 2 N–H and O–H groups in total. The number of carbonyl (C=O) groups is 2. The molecule has 0 bridgehead atoms. The van der Waals surface area contributed by atoms with Crippen LogP contribution in [0.5, 0.6) is 0 Å². The van der Waals surface area contributed by atoms with E-state index < -0.39 is 12.1 Å². The summed E-state index contributed by atoms with van der Waals surface area (Å²) in [6.07, 6.45) is 0. The number of hydrogen-bond donors (Lipinski definition) is 2. The second-order valence-electron chi connectivity index (χ2n) is 6.90. The summed E-state index contributed by atoms with van der Waals surface area (Å²) in [5.74, 6) is 0.498. The molecular formula is C20H27N5O3. The van der Waals surface area contributed by atoms with Gasteiger partial charge in [0, 0.05) is 45.3 Å². The maximum atomic E-state index is 12.9. The molecule has 1 fully saturated rings. The number of rotatable bonds is 6. The molecule has 8 heteroatoms. The van der Waals surface area contributed by atoms with Crippen LogP contribution in [0.4, 0.5) is 4.79 Å². The van der Waals surface area contributed by atoms with E-state index in [0.29, 0.717) is 6.54 Å². The van der Waals surface area contributed by atoms with Crippen molar-refractivity contribution in [3.8, 4) is 0 Å². The lowest BCUT2D eigenvalue weighted by Gasteiger charge is -2.38. The lowest BCUT2D eigenvalue weighted by Crippen LogP contribution is -2.52. The predicted octanol–water partition coefficient (Wildman–Crippen LogP) is 1.69. The molecule has 1 aliphatic heterocycles. The summed E-state index contributed by atoms with van der Waals surface area (Å²) < 4.78 is 5.13. The summed E-state index contributed by atoms with van der Waals surface area (Å²) >= 11 is 0. The zero-order valence-electron chi connectivity index (χ0n) is 16.4. The van der Waals surface area contributed by atoms with Crippen molar-refractivity contribution in [1.29, 1.82) is 0 Å². The van der Waals surface area contributed by atoms with Gasteiger partial charge in [0.05, 0.1) is 5.69 Å². The highest BCUT2D eigenvalue weighted by Gasteiger charge is 2.31. The molecule has 1 aliphatic rings. The quantitative estimate of drug-likeness (QED) is 0.786. The smallest absolute Gasteiger partial charge is 0.321 e. The van der Waals surface area contributed by atoms with Crippen LogP contribution in [0.15, 0.2) is 40.9 Å². The molecule has 1 atom stereocenters. The lowest BCUT2D eigenvalue weighted by molar-refractivity contribution is -0.126. The number of aryl methyl sites for hydroxylation is 1. The van der Waals surface area contributed by atoms with Crippen LogP contribution in [0, 0.1) is 6.92 Å². The summed E-state index contributed by atoms with van der Waals surface area (Å²) in [4.78, 5) is 29.1. The molecule has 28 heavy (non-hydrogen) atoms. The Hall–Kier alpha value is -2.71. The van der Waals surface area contributed by atoms with Crippen molar-refractivity contribution < 1.29 is 14.1 Å². The van der Waals surface area contributed by atoms with Gasteiger partial charge < -0.3 is 9.84 Å². The molecule has 150 valence electrons. The molecule has 1 unspecified atom stereocenters. The normalized spacial score (nSPS) is 16.5. The Morgan fingerprint density at radius 1 is 1.18 bits per heavy atom. The molecule has 0 radical (unpaired) electrons. The van der Waals surface area contributed by atoms with Crippen LogP contribution in [0.2, 0.25) is 0 Å². The number of piperazine rings is 1. The first-order valence-corrected chi connectivity index (χ1v) is 9.59. The van der Waals surface area contributed by atoms with Gasteiger partial charge in [-0.3, -0.25) is 19.9 Å². The van der Waals surface area contributed by atoms with E-state index in [4.69, 9.17) is 4.52 Å². The van der Waals surface area contributed by atoms with Gasteiger partial charge in [-0.2, -0.15) is 0 Å². The molecule has 2 heterocycles. The van der Waals surface area contributed by atoms with Gasteiger partial charge in [-0.25, -0.2) is 4.79 Å². The number of amides is 3. The van der Waals surface area contributed by atoms with Crippen molar-refractivity contribution in [2.24, 2.45) is 0 Å². The van der Waals surface area contributed by atoms with E-state index in [2.05, 4.69) is 25.6 Å². The Labute approximate surface area is 164 Å². The van der Waals surface area contributed by atoms with E-state index in [1.54, 1.807) is 0 Å². The SMILES string of the molecule is CCNC(=O)NC(=O)C(c1ccccc1)N1CCN(Cc2cc(C)on2)CC1. The van der Waals surface area contributed by atoms with E-state index in [0.717, 1.165) is 49.7 Å². The number of benzene rings is 1. The Morgan fingerprint density at radius 3 is 2.50 bits per heavy atom. The average molecular weight is 385 g/mol. The fourth-order valence-corrected chi connectivity index (χ4v) is 3.45. The first kappa shape index (κ1) is 20.0. The van der Waals surface area contributed by atoms with Crippen LogP contribution in [0.1, 0.15) is 30.0 Å². The summed E-state index contributed by atoms with van der Waals surface area (Å²) in [6, 6.07) is 10.6. The predicted molar refractivity (Wildman–Crippen MR) is 104 cm³/mol. The van der Waals surface area contributed by atoms with Gasteiger partial charge in [0.2, 0.25) is 5.91 Å². The summed E-state index contributed by atoms with van der Waals surface area (Å²) in [7, 11) is 0. The number of urea groups is 1. The first-order valence-electron chi connectivity index (χ1n) is 9.59. The van der Waals surface area contributed by atoms with E-state index in [1.165, 1.54) is 0 Å². The largest absolute Gasteiger partial charge is 0.361 e. The van der Waals surface area contributed by atoms with Crippen LogP contribution in [-0.4, -0.2) is 59.6 Å². The van der Waals surface area contributed by atoms with Crippen molar-refractivity contribution in [2.45, 2.75) is 26.4 Å². The minimum Gasteiger partial charge on any atom is -0.361 e. The third-order valence-corrected chi connectivity index (χ3v) is 4.77. The Kier molecular flexibility index (Phi) is 6.78. The second-order valence-corrected chi connectivity index (χ2v) is 6.90. The van der Waals surface area contributed by atoms with Gasteiger partial charge in [-0.1, -0.05) is 35.5 Å². The maximum Gasteiger partial charge on any atom is 0.321 e. The number of aromatic nitrogens is 1. The van der Waals surface area contributed by atoms with Crippen LogP contribution >= 0.6 is 0 Å². The summed E-state index contributed by atoms with van der Waals surface area (Å²) in [6.45, 7) is 7.95. The number of hydrogen-bond acceptors (Lipinski definition) is 6. The lowest BCUT2D eigenvalue weighted by atomic mass is 10.0. The van der Waals surface area contributed by atoms with Crippen LogP contribution in [0.3, 0.4) is 0 Å². The highest BCUT2D eigenvalue weighted by atomic mass is 16.5. The Bertz CT molecular complexity index is 784. The highest BCUT2D eigenvalue weighted by Crippen LogP contribution is 2.23. The van der Waals surface area contributed by atoms with E-state index in [1.807, 2.05) is 50.2 Å². The van der Waals surface area contributed by atoms with Gasteiger partial charge in [0.15, 0.2) is 0 Å². The minimum absolute atomic E-state index is 0.308. The van der Waals surface area contributed by atoms with Crippen LogP contribution in [-0.2, 0) is 11.3 Å². The fraction of sp³-hybridized carbons (Fsp3) is 0.450. The molecule has 1 aromatic carbocycles. The van der Waals surface area contributed by atoms with Crippen molar-refractivity contribution in [1.82, 2.24) is 25.6 Å². The fourth-order valence-electron chi connectivity index (χ4n) is 3.45. The van der Waals surface area contributed by atoms with Crippen LogP contribution < -0.4 is 10.6 Å². The Morgan fingerprint density at radius 2 is 1.89 bits per heavy atom. The second kappa shape index (κ2) is 9.48. The molecule has 3 rings (SSSR count). The number of nitrogens with zero attached hydrogens (tertiary/aromatic N) is 3. The third kappa shape index (κ3) is 5.17. The van der Waals surface area contributed by atoms with E-state index >= 15 is 0 Å². The molecule has 1 aromatic heterocycles. The van der Waals surface area contributed by atoms with E-state index in [9.17, 15) is 9.59 Å². The molecule has 3 amide bonds. The molecule has 0 aliphatic carbocycles. The molecular weight excluding hydrogens is 358 g/mol. The topological polar surface area (TPSA) is 90.7 Å². The first-order chi connectivity index (χ1) is 13.6.